The van der Waals surface area contributed by atoms with Crippen molar-refractivity contribution < 1.29 is 9.90 Å². The predicted octanol–water partition coefficient (Wildman–Crippen LogP) is 2.26. The number of thiophene rings is 1. The van der Waals surface area contributed by atoms with Crippen molar-refractivity contribution in [2.24, 2.45) is 0 Å². The molecule has 0 atom stereocenters. The molecule has 2 aromatic rings. The number of benzene rings is 1. The minimum atomic E-state index is -0.158. The first-order valence-electron chi connectivity index (χ1n) is 6.68. The van der Waals surface area contributed by atoms with Crippen molar-refractivity contribution in [3.63, 3.8) is 0 Å². The van der Waals surface area contributed by atoms with Crippen LogP contribution in [0.15, 0.2) is 35.7 Å². The van der Waals surface area contributed by atoms with Crippen LogP contribution in [-0.4, -0.2) is 17.6 Å². The summed E-state index contributed by atoms with van der Waals surface area (Å²) in [5, 5.41) is 13.6. The summed E-state index contributed by atoms with van der Waals surface area (Å²) in [5.74, 6) is 5.51. The number of aliphatic hydroxyl groups is 1. The topological polar surface area (TPSA) is 49.3 Å². The molecule has 1 amide bonds. The number of rotatable bonds is 4. The molecule has 1 aromatic heterocycles. The first-order valence-corrected chi connectivity index (χ1v) is 7.56. The van der Waals surface area contributed by atoms with Crippen LogP contribution in [0.25, 0.3) is 0 Å². The quantitative estimate of drug-likeness (QED) is 0.851. The maximum atomic E-state index is 12.0. The Morgan fingerprint density at radius 2 is 2.14 bits per heavy atom. The van der Waals surface area contributed by atoms with E-state index in [1.807, 2.05) is 42.6 Å². The second-order valence-corrected chi connectivity index (χ2v) is 5.60. The fourth-order valence-corrected chi connectivity index (χ4v) is 2.72. The van der Waals surface area contributed by atoms with E-state index in [4.69, 9.17) is 5.11 Å². The third kappa shape index (κ3) is 4.45. The number of carbonyl (C=O) groups is 1. The Balaban J connectivity index is 1.93. The average Bonchev–Trinajstić information content (AvgIpc) is 2.93. The lowest BCUT2D eigenvalue weighted by Crippen LogP contribution is -2.24. The van der Waals surface area contributed by atoms with Gasteiger partial charge in [-0.3, -0.25) is 4.79 Å². The van der Waals surface area contributed by atoms with Crippen LogP contribution in [0.3, 0.4) is 0 Å². The van der Waals surface area contributed by atoms with E-state index in [0.29, 0.717) is 13.0 Å². The van der Waals surface area contributed by atoms with Gasteiger partial charge < -0.3 is 10.4 Å². The number of carbonyl (C=O) groups excluding carboxylic acids is 1. The number of aliphatic hydroxyl groups excluding tert-OH is 1. The summed E-state index contributed by atoms with van der Waals surface area (Å²) in [7, 11) is 0. The molecule has 2 rings (SSSR count). The highest BCUT2D eigenvalue weighted by Gasteiger charge is 2.07. The number of hydrogen-bond donors (Lipinski definition) is 2. The zero-order valence-corrected chi connectivity index (χ0v) is 12.7. The number of amides is 1. The molecule has 0 bridgehead atoms. The van der Waals surface area contributed by atoms with Gasteiger partial charge in [0.15, 0.2) is 0 Å². The van der Waals surface area contributed by atoms with E-state index in [2.05, 4.69) is 17.2 Å². The van der Waals surface area contributed by atoms with Gasteiger partial charge in [-0.25, -0.2) is 0 Å². The van der Waals surface area contributed by atoms with Crippen molar-refractivity contribution in [3.8, 4) is 11.8 Å². The highest BCUT2D eigenvalue weighted by molar-refractivity contribution is 7.10. The normalized spacial score (nSPS) is 9.81. The summed E-state index contributed by atoms with van der Waals surface area (Å²) in [6.45, 7) is 2.32. The molecule has 0 aliphatic carbocycles. The summed E-state index contributed by atoms with van der Waals surface area (Å²) < 4.78 is 0. The fourth-order valence-electron chi connectivity index (χ4n) is 1.95. The van der Waals surface area contributed by atoms with Gasteiger partial charge in [0.1, 0.15) is 6.61 Å². The monoisotopic (exact) mass is 299 g/mol. The largest absolute Gasteiger partial charge is 0.384 e. The van der Waals surface area contributed by atoms with Gasteiger partial charge in [0.2, 0.25) is 5.91 Å². The molecule has 0 radical (unpaired) electrons. The Bertz CT molecular complexity index is 679. The van der Waals surface area contributed by atoms with Crippen molar-refractivity contribution in [1.29, 1.82) is 0 Å². The molecular formula is C17H17NO2S. The molecule has 0 aliphatic heterocycles. The summed E-state index contributed by atoms with van der Waals surface area (Å²) in [4.78, 5) is 13.0. The van der Waals surface area contributed by atoms with E-state index in [1.165, 1.54) is 0 Å². The molecular weight excluding hydrogens is 282 g/mol. The van der Waals surface area contributed by atoms with Crippen LogP contribution in [0, 0.1) is 18.8 Å². The van der Waals surface area contributed by atoms with Gasteiger partial charge >= 0.3 is 0 Å². The fraction of sp³-hybridized carbons (Fsp3) is 0.235. The molecule has 0 fully saturated rings. The molecule has 0 aliphatic rings. The third-order valence-corrected chi connectivity index (χ3v) is 4.03. The second-order valence-electron chi connectivity index (χ2n) is 4.60. The van der Waals surface area contributed by atoms with Crippen molar-refractivity contribution >= 4 is 17.2 Å². The standard InChI is InChI=1S/C17H17NO2S/c1-13-5-2-3-6-15(13)11-17(20)18-12-16-14(7-4-9-19)8-10-21-16/h2-3,5-6,8,10,19H,9,11-12H2,1H3,(H,18,20). The van der Waals surface area contributed by atoms with Crippen LogP contribution in [0.2, 0.25) is 0 Å². The third-order valence-electron chi connectivity index (χ3n) is 3.11. The molecule has 0 unspecified atom stereocenters. The lowest BCUT2D eigenvalue weighted by atomic mass is 10.1. The van der Waals surface area contributed by atoms with Crippen LogP contribution >= 0.6 is 11.3 Å². The van der Waals surface area contributed by atoms with Crippen molar-refractivity contribution in [1.82, 2.24) is 5.32 Å². The highest BCUT2D eigenvalue weighted by atomic mass is 32.1. The van der Waals surface area contributed by atoms with Gasteiger partial charge in [-0.2, -0.15) is 0 Å². The van der Waals surface area contributed by atoms with E-state index < -0.39 is 0 Å². The first kappa shape index (κ1) is 15.3. The van der Waals surface area contributed by atoms with Gasteiger partial charge in [-0.05, 0) is 29.5 Å². The molecule has 0 spiro atoms. The van der Waals surface area contributed by atoms with Gasteiger partial charge in [0.05, 0.1) is 13.0 Å². The van der Waals surface area contributed by atoms with Gasteiger partial charge in [0, 0.05) is 10.4 Å². The van der Waals surface area contributed by atoms with Gasteiger partial charge in [-0.1, -0.05) is 36.1 Å². The van der Waals surface area contributed by atoms with Gasteiger partial charge in [-0.15, -0.1) is 11.3 Å². The van der Waals surface area contributed by atoms with Crippen LogP contribution in [0.5, 0.6) is 0 Å². The Hall–Kier alpha value is -2.09. The van der Waals surface area contributed by atoms with Gasteiger partial charge in [0.25, 0.3) is 0 Å². The van der Waals surface area contributed by atoms with E-state index in [1.54, 1.807) is 11.3 Å². The summed E-state index contributed by atoms with van der Waals surface area (Å²) >= 11 is 1.55. The number of aryl methyl sites for hydroxylation is 1. The molecule has 1 heterocycles. The number of hydrogen-bond acceptors (Lipinski definition) is 3. The first-order chi connectivity index (χ1) is 10.2. The minimum Gasteiger partial charge on any atom is -0.384 e. The molecule has 0 saturated heterocycles. The molecule has 108 valence electrons. The van der Waals surface area contributed by atoms with E-state index in [-0.39, 0.29) is 12.5 Å². The van der Waals surface area contributed by atoms with Crippen LogP contribution in [0.1, 0.15) is 21.6 Å². The maximum Gasteiger partial charge on any atom is 0.224 e. The van der Waals surface area contributed by atoms with Crippen LogP contribution < -0.4 is 5.32 Å². The predicted molar refractivity (Wildman–Crippen MR) is 85.0 cm³/mol. The summed E-state index contributed by atoms with van der Waals surface area (Å²) in [6, 6.07) is 9.78. The highest BCUT2D eigenvalue weighted by Crippen LogP contribution is 2.15. The maximum absolute atomic E-state index is 12.0. The SMILES string of the molecule is Cc1ccccc1CC(=O)NCc1sccc1C#CCO. The minimum absolute atomic E-state index is 0.00114. The Labute approximate surface area is 128 Å². The molecule has 2 N–H and O–H groups in total. The van der Waals surface area contributed by atoms with Crippen LogP contribution in [0.4, 0.5) is 0 Å². The zero-order valence-electron chi connectivity index (χ0n) is 11.8. The summed E-state index contributed by atoms with van der Waals surface area (Å²) in [5.41, 5.74) is 3.03. The molecule has 1 aromatic carbocycles. The van der Waals surface area contributed by atoms with Crippen LogP contribution in [-0.2, 0) is 17.8 Å². The summed E-state index contributed by atoms with van der Waals surface area (Å²) in [6.07, 6.45) is 0.385. The Kier molecular flexibility index (Phi) is 5.56. The Morgan fingerprint density at radius 3 is 2.90 bits per heavy atom. The molecule has 4 heteroatoms. The number of nitrogens with one attached hydrogen (secondary N) is 1. The molecule has 3 nitrogen and oxygen atoms in total. The van der Waals surface area contributed by atoms with E-state index in [9.17, 15) is 4.79 Å². The molecule has 0 saturated carbocycles. The zero-order chi connectivity index (χ0) is 15.1. The lowest BCUT2D eigenvalue weighted by molar-refractivity contribution is -0.120. The molecule has 21 heavy (non-hydrogen) atoms. The Morgan fingerprint density at radius 1 is 1.33 bits per heavy atom. The van der Waals surface area contributed by atoms with Crippen molar-refractivity contribution in [2.75, 3.05) is 6.61 Å². The second kappa shape index (κ2) is 7.63. The average molecular weight is 299 g/mol. The van der Waals surface area contributed by atoms with Crippen molar-refractivity contribution in [2.45, 2.75) is 19.9 Å². The lowest BCUT2D eigenvalue weighted by Gasteiger charge is -2.07. The van der Waals surface area contributed by atoms with E-state index in [0.717, 1.165) is 21.6 Å². The van der Waals surface area contributed by atoms with E-state index >= 15 is 0 Å². The van der Waals surface area contributed by atoms with Crippen molar-refractivity contribution in [3.05, 3.63) is 57.3 Å². The smallest absolute Gasteiger partial charge is 0.224 e.